The summed E-state index contributed by atoms with van der Waals surface area (Å²) in [6.45, 7) is 2.75. The molecule has 0 bridgehead atoms. The number of ether oxygens (including phenoxy) is 1. The minimum absolute atomic E-state index is 0.429. The zero-order chi connectivity index (χ0) is 17.6. The van der Waals surface area contributed by atoms with E-state index >= 15 is 0 Å². The Morgan fingerprint density at radius 3 is 2.60 bits per heavy atom. The smallest absolute Gasteiger partial charge is 0.248 e. The summed E-state index contributed by atoms with van der Waals surface area (Å²) in [6.07, 6.45) is 1.69. The molecule has 3 rings (SSSR count). The third-order valence-corrected chi connectivity index (χ3v) is 3.91. The van der Waals surface area contributed by atoms with Crippen LogP contribution in [0.5, 0.6) is 5.75 Å². The van der Waals surface area contributed by atoms with Crippen LogP contribution in [0, 0.1) is 6.92 Å². The topological polar surface area (TPSA) is 64.0 Å². The molecule has 0 aliphatic heterocycles. The first-order chi connectivity index (χ1) is 12.1. The SMILES string of the molecule is COc1ccc(NC(=S)Nc2ncn(Cc3ccccc3C)n2)cc1. The fraction of sp³-hybridized carbons (Fsp3) is 0.167. The standard InChI is InChI=1S/C18H19N5OS/c1-13-5-3-4-6-14(13)11-23-12-19-17(22-23)21-18(25)20-15-7-9-16(24-2)10-8-15/h3-10,12H,11H2,1-2H3,(H2,20,21,22,25). The van der Waals surface area contributed by atoms with Crippen molar-refractivity contribution in [2.75, 3.05) is 17.7 Å². The Kier molecular flexibility index (Phi) is 5.25. The molecule has 1 aromatic heterocycles. The van der Waals surface area contributed by atoms with Crippen LogP contribution in [0.1, 0.15) is 11.1 Å². The van der Waals surface area contributed by atoms with E-state index in [1.54, 1.807) is 18.1 Å². The fourth-order valence-electron chi connectivity index (χ4n) is 2.33. The van der Waals surface area contributed by atoms with Crippen LogP contribution in [0.4, 0.5) is 11.6 Å². The number of thiocarbonyl (C=S) groups is 1. The summed E-state index contributed by atoms with van der Waals surface area (Å²) in [5.74, 6) is 1.25. The molecule has 0 aliphatic rings. The first kappa shape index (κ1) is 16.9. The average molecular weight is 353 g/mol. The molecule has 25 heavy (non-hydrogen) atoms. The van der Waals surface area contributed by atoms with Gasteiger partial charge in [-0.15, -0.1) is 5.10 Å². The van der Waals surface area contributed by atoms with E-state index in [9.17, 15) is 0 Å². The number of rotatable bonds is 5. The van der Waals surface area contributed by atoms with Crippen LogP contribution < -0.4 is 15.4 Å². The van der Waals surface area contributed by atoms with Gasteiger partial charge in [0.1, 0.15) is 12.1 Å². The molecule has 1 heterocycles. The van der Waals surface area contributed by atoms with Crippen molar-refractivity contribution in [2.45, 2.75) is 13.5 Å². The molecule has 6 nitrogen and oxygen atoms in total. The van der Waals surface area contributed by atoms with E-state index in [-0.39, 0.29) is 0 Å². The Bertz CT molecular complexity index is 860. The summed E-state index contributed by atoms with van der Waals surface area (Å²) in [5, 5.41) is 10.9. The number of anilines is 2. The maximum Gasteiger partial charge on any atom is 0.248 e. The molecule has 7 heteroatoms. The lowest BCUT2D eigenvalue weighted by atomic mass is 10.1. The maximum atomic E-state index is 5.30. The highest BCUT2D eigenvalue weighted by atomic mass is 32.1. The third kappa shape index (κ3) is 4.54. The van der Waals surface area contributed by atoms with Crippen molar-refractivity contribution >= 4 is 29.0 Å². The minimum atomic E-state index is 0.429. The fourth-order valence-corrected chi connectivity index (χ4v) is 2.54. The van der Waals surface area contributed by atoms with Crippen molar-refractivity contribution in [3.05, 3.63) is 66.0 Å². The predicted molar refractivity (Wildman–Crippen MR) is 103 cm³/mol. The van der Waals surface area contributed by atoms with Crippen LogP contribution in [-0.2, 0) is 6.54 Å². The van der Waals surface area contributed by atoms with Gasteiger partial charge in [0.15, 0.2) is 5.11 Å². The van der Waals surface area contributed by atoms with Crippen molar-refractivity contribution in [3.8, 4) is 5.75 Å². The monoisotopic (exact) mass is 353 g/mol. The summed E-state index contributed by atoms with van der Waals surface area (Å²) in [7, 11) is 1.63. The first-order valence-electron chi connectivity index (χ1n) is 7.80. The van der Waals surface area contributed by atoms with Gasteiger partial charge in [-0.1, -0.05) is 24.3 Å². The lowest BCUT2D eigenvalue weighted by Crippen LogP contribution is -2.20. The summed E-state index contributed by atoms with van der Waals surface area (Å²) in [6, 6.07) is 15.7. The van der Waals surface area contributed by atoms with Crippen LogP contribution >= 0.6 is 12.2 Å². The molecule has 2 aromatic carbocycles. The predicted octanol–water partition coefficient (Wildman–Crippen LogP) is 3.45. The van der Waals surface area contributed by atoms with E-state index in [0.29, 0.717) is 17.6 Å². The average Bonchev–Trinajstić information content (AvgIpc) is 3.04. The van der Waals surface area contributed by atoms with E-state index in [0.717, 1.165) is 11.4 Å². The number of hydrogen-bond acceptors (Lipinski definition) is 4. The van der Waals surface area contributed by atoms with Gasteiger partial charge in [0, 0.05) is 5.69 Å². The zero-order valence-corrected chi connectivity index (χ0v) is 14.9. The number of benzene rings is 2. The summed E-state index contributed by atoms with van der Waals surface area (Å²) in [4.78, 5) is 4.24. The van der Waals surface area contributed by atoms with Crippen molar-refractivity contribution < 1.29 is 4.74 Å². The van der Waals surface area contributed by atoms with Crippen molar-refractivity contribution in [1.82, 2.24) is 14.8 Å². The van der Waals surface area contributed by atoms with E-state index in [4.69, 9.17) is 17.0 Å². The van der Waals surface area contributed by atoms with Crippen LogP contribution in [-0.4, -0.2) is 27.0 Å². The molecule has 0 amide bonds. The highest BCUT2D eigenvalue weighted by molar-refractivity contribution is 7.80. The van der Waals surface area contributed by atoms with E-state index < -0.39 is 0 Å². The second-order valence-electron chi connectivity index (χ2n) is 5.50. The normalized spacial score (nSPS) is 10.3. The summed E-state index contributed by atoms with van der Waals surface area (Å²) < 4.78 is 6.91. The number of methoxy groups -OCH3 is 1. The van der Waals surface area contributed by atoms with Gasteiger partial charge >= 0.3 is 0 Å². The minimum Gasteiger partial charge on any atom is -0.497 e. The van der Waals surface area contributed by atoms with Gasteiger partial charge < -0.3 is 10.1 Å². The lowest BCUT2D eigenvalue weighted by Gasteiger charge is -2.08. The number of nitrogens with zero attached hydrogens (tertiary/aromatic N) is 3. The number of aryl methyl sites for hydroxylation is 1. The zero-order valence-electron chi connectivity index (χ0n) is 14.1. The van der Waals surface area contributed by atoms with Crippen molar-refractivity contribution in [1.29, 1.82) is 0 Å². The molecule has 0 saturated heterocycles. The highest BCUT2D eigenvalue weighted by Gasteiger charge is 2.05. The van der Waals surface area contributed by atoms with Crippen LogP contribution in [0.15, 0.2) is 54.9 Å². The third-order valence-electron chi connectivity index (χ3n) is 3.70. The van der Waals surface area contributed by atoms with Gasteiger partial charge in [0.2, 0.25) is 5.95 Å². The molecule has 128 valence electrons. The van der Waals surface area contributed by atoms with E-state index in [2.05, 4.69) is 39.8 Å². The maximum absolute atomic E-state index is 5.30. The molecule has 0 aliphatic carbocycles. The molecule has 0 atom stereocenters. The van der Waals surface area contributed by atoms with Crippen molar-refractivity contribution in [3.63, 3.8) is 0 Å². The van der Waals surface area contributed by atoms with Gasteiger partial charge in [0.05, 0.1) is 13.7 Å². The second kappa shape index (κ2) is 7.76. The van der Waals surface area contributed by atoms with Gasteiger partial charge in [-0.05, 0) is 54.5 Å². The second-order valence-corrected chi connectivity index (χ2v) is 5.91. The number of nitrogens with one attached hydrogen (secondary N) is 2. The largest absolute Gasteiger partial charge is 0.497 e. The van der Waals surface area contributed by atoms with Gasteiger partial charge in [-0.3, -0.25) is 5.32 Å². The number of aromatic nitrogens is 3. The Hall–Kier alpha value is -2.93. The van der Waals surface area contributed by atoms with E-state index in [1.165, 1.54) is 11.1 Å². The van der Waals surface area contributed by atoms with Crippen LogP contribution in [0.2, 0.25) is 0 Å². The summed E-state index contributed by atoms with van der Waals surface area (Å²) in [5.41, 5.74) is 3.29. The Balaban J connectivity index is 1.58. The molecule has 0 saturated carbocycles. The Morgan fingerprint density at radius 2 is 1.88 bits per heavy atom. The van der Waals surface area contributed by atoms with Gasteiger partial charge in [-0.2, -0.15) is 0 Å². The molecule has 0 unspecified atom stereocenters. The van der Waals surface area contributed by atoms with Gasteiger partial charge in [-0.25, -0.2) is 9.67 Å². The van der Waals surface area contributed by atoms with E-state index in [1.807, 2.05) is 36.4 Å². The quantitative estimate of drug-likeness (QED) is 0.685. The lowest BCUT2D eigenvalue weighted by molar-refractivity contribution is 0.415. The molecule has 0 spiro atoms. The van der Waals surface area contributed by atoms with Crippen molar-refractivity contribution in [2.24, 2.45) is 0 Å². The van der Waals surface area contributed by atoms with Gasteiger partial charge in [0.25, 0.3) is 0 Å². The molecular weight excluding hydrogens is 334 g/mol. The van der Waals surface area contributed by atoms with Crippen LogP contribution in [0.25, 0.3) is 0 Å². The number of hydrogen-bond donors (Lipinski definition) is 2. The molecule has 0 fully saturated rings. The Labute approximate surface area is 151 Å². The summed E-state index contributed by atoms with van der Waals surface area (Å²) >= 11 is 5.30. The Morgan fingerprint density at radius 1 is 1.12 bits per heavy atom. The first-order valence-corrected chi connectivity index (χ1v) is 8.21. The molecule has 0 radical (unpaired) electrons. The van der Waals surface area contributed by atoms with Crippen LogP contribution in [0.3, 0.4) is 0 Å². The molecule has 2 N–H and O–H groups in total. The molecule has 3 aromatic rings. The molecular formula is C18H19N5OS. The highest BCUT2D eigenvalue weighted by Crippen LogP contribution is 2.15.